The van der Waals surface area contributed by atoms with Crippen LogP contribution >= 0.6 is 0 Å². The molecular formula is C14H15N5O2. The molecular weight excluding hydrogens is 270 g/mol. The fourth-order valence-electron chi connectivity index (χ4n) is 1.73. The molecule has 0 saturated heterocycles. The van der Waals surface area contributed by atoms with Crippen molar-refractivity contribution in [2.45, 2.75) is 25.8 Å². The van der Waals surface area contributed by atoms with Gasteiger partial charge in [-0.05, 0) is 12.0 Å². The molecule has 0 saturated carbocycles. The van der Waals surface area contributed by atoms with Gasteiger partial charge in [-0.3, -0.25) is 4.79 Å². The number of aromatic nitrogens is 4. The first-order valence-corrected chi connectivity index (χ1v) is 6.59. The summed E-state index contributed by atoms with van der Waals surface area (Å²) in [4.78, 5) is 21.7. The Morgan fingerprint density at radius 1 is 1.14 bits per heavy atom. The van der Waals surface area contributed by atoms with E-state index in [2.05, 4.69) is 25.7 Å². The number of nitrogens with one attached hydrogen (secondary N) is 1. The first-order valence-electron chi connectivity index (χ1n) is 6.59. The maximum Gasteiger partial charge on any atom is 0.220 e. The highest BCUT2D eigenvalue weighted by molar-refractivity contribution is 5.76. The second kappa shape index (κ2) is 7.78. The summed E-state index contributed by atoms with van der Waals surface area (Å²) in [5.41, 5.74) is 1.79. The van der Waals surface area contributed by atoms with Crippen molar-refractivity contribution in [2.24, 2.45) is 0 Å². The zero-order chi connectivity index (χ0) is 14.9. The predicted molar refractivity (Wildman–Crippen MR) is 74.8 cm³/mol. The maximum absolute atomic E-state index is 11.5. The summed E-state index contributed by atoms with van der Waals surface area (Å²) in [7, 11) is 0. The van der Waals surface area contributed by atoms with Crippen LogP contribution in [0, 0.1) is 0 Å². The van der Waals surface area contributed by atoms with Crippen molar-refractivity contribution >= 4 is 12.2 Å². The van der Waals surface area contributed by atoms with Crippen LogP contribution in [0.15, 0.2) is 30.6 Å². The van der Waals surface area contributed by atoms with Crippen molar-refractivity contribution in [3.8, 4) is 11.4 Å². The molecule has 0 atom stereocenters. The van der Waals surface area contributed by atoms with Gasteiger partial charge in [0.1, 0.15) is 6.29 Å². The third-order valence-corrected chi connectivity index (χ3v) is 2.84. The number of amides is 1. The lowest BCUT2D eigenvalue weighted by Gasteiger charge is -2.05. The van der Waals surface area contributed by atoms with E-state index in [0.29, 0.717) is 31.6 Å². The predicted octanol–water partition coefficient (Wildman–Crippen LogP) is 0.919. The number of rotatable bonds is 7. The molecule has 0 bridgehead atoms. The van der Waals surface area contributed by atoms with Crippen LogP contribution in [0.25, 0.3) is 11.4 Å². The van der Waals surface area contributed by atoms with E-state index in [1.54, 1.807) is 0 Å². The molecule has 7 heteroatoms. The van der Waals surface area contributed by atoms with Gasteiger partial charge in [0.05, 0.1) is 0 Å². The van der Waals surface area contributed by atoms with Crippen LogP contribution in [-0.4, -0.2) is 32.6 Å². The molecule has 0 aliphatic carbocycles. The molecule has 108 valence electrons. The summed E-state index contributed by atoms with van der Waals surface area (Å²) in [5, 5.41) is 17.9. The molecule has 1 aromatic heterocycles. The lowest BCUT2D eigenvalue weighted by Crippen LogP contribution is -2.22. The van der Waals surface area contributed by atoms with Crippen molar-refractivity contribution in [3.63, 3.8) is 0 Å². The van der Waals surface area contributed by atoms with Crippen LogP contribution in [0.5, 0.6) is 0 Å². The van der Waals surface area contributed by atoms with E-state index in [4.69, 9.17) is 0 Å². The number of benzene rings is 1. The second-order valence-electron chi connectivity index (χ2n) is 4.40. The molecule has 0 radical (unpaired) electrons. The first kappa shape index (κ1) is 14.7. The van der Waals surface area contributed by atoms with Gasteiger partial charge in [-0.1, -0.05) is 24.3 Å². The number of carbonyl (C=O) groups is 2. The van der Waals surface area contributed by atoms with E-state index in [9.17, 15) is 9.59 Å². The van der Waals surface area contributed by atoms with E-state index < -0.39 is 0 Å². The molecule has 0 aliphatic heterocycles. The fraction of sp³-hybridized carbons (Fsp3) is 0.286. The molecule has 0 unspecified atom stereocenters. The Balaban J connectivity index is 1.85. The Kier molecular flexibility index (Phi) is 5.45. The molecule has 0 fully saturated rings. The molecule has 1 aromatic carbocycles. The molecule has 1 amide bonds. The summed E-state index contributed by atoms with van der Waals surface area (Å²) in [5.74, 6) is 0.405. The van der Waals surface area contributed by atoms with E-state index >= 15 is 0 Å². The smallest absolute Gasteiger partial charge is 0.220 e. The molecule has 1 heterocycles. The Bertz CT molecular complexity index is 586. The van der Waals surface area contributed by atoms with Crippen molar-refractivity contribution in [1.29, 1.82) is 0 Å². The zero-order valence-corrected chi connectivity index (χ0v) is 11.4. The van der Waals surface area contributed by atoms with Gasteiger partial charge in [0, 0.05) is 24.9 Å². The highest BCUT2D eigenvalue weighted by Gasteiger charge is 2.03. The Morgan fingerprint density at radius 3 is 2.52 bits per heavy atom. The summed E-state index contributed by atoms with van der Waals surface area (Å²) >= 11 is 0. The van der Waals surface area contributed by atoms with E-state index in [1.807, 2.05) is 24.3 Å². The molecule has 1 N–H and O–H groups in total. The number of hydrogen-bond donors (Lipinski definition) is 1. The van der Waals surface area contributed by atoms with Crippen molar-refractivity contribution < 1.29 is 9.59 Å². The SMILES string of the molecule is O=CCCCC(=O)NCc1ccc(-c2nncnn2)cc1. The largest absolute Gasteiger partial charge is 0.352 e. The van der Waals surface area contributed by atoms with Crippen LogP contribution in [-0.2, 0) is 16.1 Å². The first-order chi connectivity index (χ1) is 10.3. The minimum atomic E-state index is -0.0549. The minimum absolute atomic E-state index is 0.0549. The van der Waals surface area contributed by atoms with Crippen LogP contribution in [0.2, 0.25) is 0 Å². The summed E-state index contributed by atoms with van der Waals surface area (Å²) in [6.45, 7) is 0.451. The Morgan fingerprint density at radius 2 is 1.86 bits per heavy atom. The summed E-state index contributed by atoms with van der Waals surface area (Å²) < 4.78 is 0. The van der Waals surface area contributed by atoms with E-state index in [1.165, 1.54) is 6.33 Å². The number of nitrogens with zero attached hydrogens (tertiary/aromatic N) is 4. The van der Waals surface area contributed by atoms with Crippen molar-refractivity contribution in [3.05, 3.63) is 36.2 Å². The van der Waals surface area contributed by atoms with Gasteiger partial charge in [0.25, 0.3) is 0 Å². The van der Waals surface area contributed by atoms with Crippen LogP contribution in [0.4, 0.5) is 0 Å². The third kappa shape index (κ3) is 4.72. The summed E-state index contributed by atoms with van der Waals surface area (Å²) in [6, 6.07) is 7.48. The van der Waals surface area contributed by atoms with Crippen LogP contribution < -0.4 is 5.32 Å². The van der Waals surface area contributed by atoms with Crippen molar-refractivity contribution in [2.75, 3.05) is 0 Å². The monoisotopic (exact) mass is 285 g/mol. The maximum atomic E-state index is 11.5. The molecule has 2 rings (SSSR count). The Labute approximate surface area is 121 Å². The van der Waals surface area contributed by atoms with Gasteiger partial charge in [0.2, 0.25) is 11.7 Å². The third-order valence-electron chi connectivity index (χ3n) is 2.84. The number of carbonyl (C=O) groups excluding carboxylic acids is 2. The topological polar surface area (TPSA) is 97.7 Å². The summed E-state index contributed by atoms with van der Waals surface area (Å²) in [6.07, 6.45) is 3.46. The van der Waals surface area contributed by atoms with Crippen LogP contribution in [0.3, 0.4) is 0 Å². The average Bonchev–Trinajstić information content (AvgIpc) is 2.54. The zero-order valence-electron chi connectivity index (χ0n) is 11.4. The van der Waals surface area contributed by atoms with Crippen molar-refractivity contribution in [1.82, 2.24) is 25.7 Å². The molecule has 21 heavy (non-hydrogen) atoms. The van der Waals surface area contributed by atoms with Gasteiger partial charge in [0.15, 0.2) is 6.33 Å². The number of unbranched alkanes of at least 4 members (excludes halogenated alkanes) is 1. The second-order valence-corrected chi connectivity index (χ2v) is 4.40. The van der Waals surface area contributed by atoms with Gasteiger partial charge in [-0.15, -0.1) is 20.4 Å². The lowest BCUT2D eigenvalue weighted by molar-refractivity contribution is -0.121. The molecule has 0 aliphatic rings. The van der Waals surface area contributed by atoms with Gasteiger partial charge < -0.3 is 10.1 Å². The average molecular weight is 285 g/mol. The minimum Gasteiger partial charge on any atom is -0.352 e. The fourth-order valence-corrected chi connectivity index (χ4v) is 1.73. The van der Waals surface area contributed by atoms with Gasteiger partial charge in [-0.25, -0.2) is 0 Å². The highest BCUT2D eigenvalue weighted by Crippen LogP contribution is 2.13. The normalized spacial score (nSPS) is 10.1. The van der Waals surface area contributed by atoms with Gasteiger partial charge in [-0.2, -0.15) is 0 Å². The number of hydrogen-bond acceptors (Lipinski definition) is 6. The number of aldehydes is 1. The highest BCUT2D eigenvalue weighted by atomic mass is 16.1. The van der Waals surface area contributed by atoms with Gasteiger partial charge >= 0.3 is 0 Å². The van der Waals surface area contributed by atoms with E-state index in [0.717, 1.165) is 17.4 Å². The molecule has 7 nitrogen and oxygen atoms in total. The molecule has 2 aromatic rings. The Hall–Kier alpha value is -2.70. The molecule has 0 spiro atoms. The van der Waals surface area contributed by atoms with Crippen LogP contribution in [0.1, 0.15) is 24.8 Å². The van der Waals surface area contributed by atoms with E-state index in [-0.39, 0.29) is 5.91 Å². The standard InChI is InChI=1S/C14H15N5O2/c20-8-2-1-3-13(21)15-9-11-4-6-12(7-5-11)14-18-16-10-17-19-14/h4-8,10H,1-3,9H2,(H,15,21). The lowest BCUT2D eigenvalue weighted by atomic mass is 10.1. The quantitative estimate of drug-likeness (QED) is 0.600.